The third kappa shape index (κ3) is 3.51. The van der Waals surface area contributed by atoms with E-state index in [1.807, 2.05) is 11.0 Å². The molecule has 5 nitrogen and oxygen atoms in total. The summed E-state index contributed by atoms with van der Waals surface area (Å²) >= 11 is 0. The quantitative estimate of drug-likeness (QED) is 0.790. The van der Waals surface area contributed by atoms with Gasteiger partial charge in [-0.05, 0) is 42.2 Å². The van der Waals surface area contributed by atoms with E-state index in [2.05, 4.69) is 47.4 Å². The fourth-order valence-electron chi connectivity index (χ4n) is 4.64. The van der Waals surface area contributed by atoms with Gasteiger partial charge in [0.15, 0.2) is 11.5 Å². The highest BCUT2D eigenvalue weighted by Gasteiger charge is 2.34. The average molecular weight is 390 g/mol. The van der Waals surface area contributed by atoms with E-state index in [-0.39, 0.29) is 12.7 Å². The molecule has 2 aromatic carbocycles. The molecule has 0 bridgehead atoms. The molecule has 1 amide bonds. The minimum Gasteiger partial charge on any atom is -0.454 e. The SMILES string of the molecule is CC(=O)N1CC(CCN2CC=C(c3ccccc3)CC2)c2cc3c(cc21)OCO3. The van der Waals surface area contributed by atoms with Crippen molar-refractivity contribution < 1.29 is 14.3 Å². The largest absolute Gasteiger partial charge is 0.454 e. The molecule has 1 unspecified atom stereocenters. The monoisotopic (exact) mass is 390 g/mol. The highest BCUT2D eigenvalue weighted by Crippen LogP contribution is 2.46. The van der Waals surface area contributed by atoms with Crippen molar-refractivity contribution in [1.82, 2.24) is 4.90 Å². The van der Waals surface area contributed by atoms with Gasteiger partial charge in [-0.2, -0.15) is 0 Å². The molecule has 2 aromatic rings. The molecule has 0 N–H and O–H groups in total. The summed E-state index contributed by atoms with van der Waals surface area (Å²) in [6.07, 6.45) is 4.48. The van der Waals surface area contributed by atoms with Crippen molar-refractivity contribution >= 4 is 17.2 Å². The summed E-state index contributed by atoms with van der Waals surface area (Å²) in [5, 5.41) is 0. The van der Waals surface area contributed by atoms with Crippen LogP contribution in [0.3, 0.4) is 0 Å². The highest BCUT2D eigenvalue weighted by molar-refractivity contribution is 5.95. The topological polar surface area (TPSA) is 42.0 Å². The Labute approximate surface area is 171 Å². The molecule has 0 fully saturated rings. The van der Waals surface area contributed by atoms with Crippen molar-refractivity contribution in [1.29, 1.82) is 0 Å². The van der Waals surface area contributed by atoms with Gasteiger partial charge < -0.3 is 14.4 Å². The molecular weight excluding hydrogens is 364 g/mol. The summed E-state index contributed by atoms with van der Waals surface area (Å²) in [6.45, 7) is 5.73. The molecule has 0 saturated carbocycles. The maximum Gasteiger partial charge on any atom is 0.231 e. The van der Waals surface area contributed by atoms with Crippen molar-refractivity contribution in [2.24, 2.45) is 0 Å². The molecule has 0 aliphatic carbocycles. The predicted molar refractivity (Wildman–Crippen MR) is 113 cm³/mol. The maximum absolute atomic E-state index is 12.2. The van der Waals surface area contributed by atoms with Crippen LogP contribution in [0.15, 0.2) is 48.5 Å². The van der Waals surface area contributed by atoms with Crippen LogP contribution < -0.4 is 14.4 Å². The van der Waals surface area contributed by atoms with Gasteiger partial charge in [0.05, 0.1) is 5.69 Å². The second-order valence-corrected chi connectivity index (χ2v) is 8.03. The number of ether oxygens (including phenoxy) is 2. The van der Waals surface area contributed by atoms with Crippen LogP contribution in [-0.2, 0) is 4.79 Å². The predicted octanol–water partition coefficient (Wildman–Crippen LogP) is 4.04. The van der Waals surface area contributed by atoms with Gasteiger partial charge in [-0.15, -0.1) is 0 Å². The van der Waals surface area contributed by atoms with E-state index in [1.165, 1.54) is 16.7 Å². The standard InChI is InChI=1S/C24H26N2O3/c1-17(27)26-15-20(21-13-23-24(14-22(21)26)29-16-28-23)9-12-25-10-7-19(8-11-25)18-5-3-2-4-6-18/h2-7,13-14,20H,8-12,15-16H2,1H3. The van der Waals surface area contributed by atoms with Crippen molar-refractivity contribution in [3.63, 3.8) is 0 Å². The molecule has 0 saturated heterocycles. The first-order chi connectivity index (χ1) is 14.2. The van der Waals surface area contributed by atoms with Gasteiger partial charge in [-0.3, -0.25) is 9.69 Å². The number of fused-ring (bicyclic) bond motifs is 2. The lowest BCUT2D eigenvalue weighted by atomic mass is 9.96. The van der Waals surface area contributed by atoms with Crippen LogP contribution in [0.25, 0.3) is 5.57 Å². The Bertz CT molecular complexity index is 954. The molecule has 3 heterocycles. The number of carbonyl (C=O) groups is 1. The molecule has 3 aliphatic rings. The van der Waals surface area contributed by atoms with Crippen molar-refractivity contribution in [3.05, 3.63) is 59.7 Å². The Morgan fingerprint density at radius 2 is 1.93 bits per heavy atom. The number of anilines is 1. The molecule has 5 rings (SSSR count). The van der Waals surface area contributed by atoms with Crippen molar-refractivity contribution in [3.8, 4) is 11.5 Å². The fraction of sp³-hybridized carbons (Fsp3) is 0.375. The second-order valence-electron chi connectivity index (χ2n) is 8.03. The Balaban J connectivity index is 1.27. The summed E-state index contributed by atoms with van der Waals surface area (Å²) in [7, 11) is 0. The van der Waals surface area contributed by atoms with Gasteiger partial charge >= 0.3 is 0 Å². The number of rotatable bonds is 4. The number of hydrogen-bond acceptors (Lipinski definition) is 4. The smallest absolute Gasteiger partial charge is 0.231 e. The molecule has 3 aliphatic heterocycles. The van der Waals surface area contributed by atoms with Crippen LogP contribution in [0.2, 0.25) is 0 Å². The summed E-state index contributed by atoms with van der Waals surface area (Å²) in [5.41, 5.74) is 4.98. The summed E-state index contributed by atoms with van der Waals surface area (Å²) < 4.78 is 11.1. The Hall–Kier alpha value is -2.79. The number of hydrogen-bond donors (Lipinski definition) is 0. The zero-order chi connectivity index (χ0) is 19.8. The van der Waals surface area contributed by atoms with Crippen LogP contribution >= 0.6 is 0 Å². The van der Waals surface area contributed by atoms with Gasteiger partial charge in [0.2, 0.25) is 12.7 Å². The molecule has 150 valence electrons. The van der Waals surface area contributed by atoms with Gasteiger partial charge in [0.25, 0.3) is 0 Å². The Kier molecular flexibility index (Phi) is 4.76. The van der Waals surface area contributed by atoms with E-state index >= 15 is 0 Å². The first-order valence-corrected chi connectivity index (χ1v) is 10.4. The molecule has 0 aromatic heterocycles. The minimum absolute atomic E-state index is 0.0843. The van der Waals surface area contributed by atoms with Gasteiger partial charge in [-0.25, -0.2) is 0 Å². The summed E-state index contributed by atoms with van der Waals surface area (Å²) in [4.78, 5) is 16.6. The van der Waals surface area contributed by atoms with Crippen LogP contribution in [0, 0.1) is 0 Å². The molecule has 5 heteroatoms. The fourth-order valence-corrected chi connectivity index (χ4v) is 4.64. The molecule has 0 spiro atoms. The van der Waals surface area contributed by atoms with Crippen LogP contribution in [0.4, 0.5) is 5.69 Å². The molecule has 0 radical (unpaired) electrons. The zero-order valence-electron chi connectivity index (χ0n) is 16.8. The number of carbonyl (C=O) groups excluding carboxylic acids is 1. The molecule has 29 heavy (non-hydrogen) atoms. The van der Waals surface area contributed by atoms with E-state index < -0.39 is 0 Å². The summed E-state index contributed by atoms with van der Waals surface area (Å²) in [5.74, 6) is 1.96. The maximum atomic E-state index is 12.2. The van der Waals surface area contributed by atoms with Crippen molar-refractivity contribution in [2.75, 3.05) is 37.9 Å². The van der Waals surface area contributed by atoms with E-state index in [0.29, 0.717) is 5.92 Å². The van der Waals surface area contributed by atoms with Gasteiger partial charge in [0, 0.05) is 38.5 Å². The third-order valence-corrected chi connectivity index (χ3v) is 6.27. The van der Waals surface area contributed by atoms with Crippen molar-refractivity contribution in [2.45, 2.75) is 25.7 Å². The van der Waals surface area contributed by atoms with Crippen LogP contribution in [0.1, 0.15) is 36.8 Å². The molecular formula is C24H26N2O3. The molecule has 1 atom stereocenters. The summed E-state index contributed by atoms with van der Waals surface area (Å²) in [6, 6.07) is 14.7. The number of benzene rings is 2. The van der Waals surface area contributed by atoms with Gasteiger partial charge in [-0.1, -0.05) is 36.4 Å². The Morgan fingerprint density at radius 3 is 2.66 bits per heavy atom. The van der Waals surface area contributed by atoms with E-state index in [4.69, 9.17) is 9.47 Å². The number of amides is 1. The van der Waals surface area contributed by atoms with Gasteiger partial charge in [0.1, 0.15) is 0 Å². The normalized spacial score (nSPS) is 20.5. The van der Waals surface area contributed by atoms with E-state index in [1.54, 1.807) is 6.92 Å². The zero-order valence-corrected chi connectivity index (χ0v) is 16.8. The number of nitrogens with zero attached hydrogens (tertiary/aromatic N) is 2. The Morgan fingerprint density at radius 1 is 1.14 bits per heavy atom. The first-order valence-electron chi connectivity index (χ1n) is 10.4. The lowest BCUT2D eigenvalue weighted by Crippen LogP contribution is -2.31. The first kappa shape index (κ1) is 18.3. The second kappa shape index (κ2) is 7.56. The van der Waals surface area contributed by atoms with Crippen LogP contribution in [-0.4, -0.2) is 43.8 Å². The lowest BCUT2D eigenvalue weighted by molar-refractivity contribution is -0.116. The highest BCUT2D eigenvalue weighted by atomic mass is 16.7. The van der Waals surface area contributed by atoms with E-state index in [9.17, 15) is 4.79 Å². The van der Waals surface area contributed by atoms with E-state index in [0.717, 1.165) is 56.2 Å². The third-order valence-electron chi connectivity index (χ3n) is 6.27. The van der Waals surface area contributed by atoms with Crippen LogP contribution in [0.5, 0.6) is 11.5 Å². The minimum atomic E-state index is 0.0843. The lowest BCUT2D eigenvalue weighted by Gasteiger charge is -2.27. The average Bonchev–Trinajstić information content (AvgIpc) is 3.35.